The van der Waals surface area contributed by atoms with Crippen LogP contribution < -0.4 is 0 Å². The molecule has 0 aromatic heterocycles. The molecule has 2 aliphatic rings. The summed E-state index contributed by atoms with van der Waals surface area (Å²) >= 11 is 0. The monoisotopic (exact) mass is 246 g/mol. The van der Waals surface area contributed by atoms with Gasteiger partial charge in [-0.2, -0.15) is 0 Å². The number of hydrogen-bond donors (Lipinski definition) is 0. The van der Waals surface area contributed by atoms with Crippen LogP contribution in [0, 0.1) is 30.5 Å². The zero-order valence-electron chi connectivity index (χ0n) is 10.8. The molecular weight excluding hydrogens is 227 g/mol. The van der Waals surface area contributed by atoms with E-state index in [-0.39, 0.29) is 5.82 Å². The predicted molar refractivity (Wildman–Crippen MR) is 68.8 cm³/mol. The summed E-state index contributed by atoms with van der Waals surface area (Å²) in [4.78, 5) is 12.4. The number of halogens is 1. The minimum absolute atomic E-state index is 0.218. The van der Waals surface area contributed by atoms with E-state index in [1.165, 1.54) is 37.8 Å². The van der Waals surface area contributed by atoms with Crippen molar-refractivity contribution in [3.05, 3.63) is 35.1 Å². The second-order valence-electron chi connectivity index (χ2n) is 5.91. The third-order valence-corrected chi connectivity index (χ3v) is 4.30. The number of rotatable bonds is 5. The zero-order valence-corrected chi connectivity index (χ0v) is 10.8. The first-order valence-corrected chi connectivity index (χ1v) is 6.93. The first kappa shape index (κ1) is 11.9. The van der Waals surface area contributed by atoms with Crippen LogP contribution in [0.15, 0.2) is 18.2 Å². The molecule has 2 aliphatic carbocycles. The summed E-state index contributed by atoms with van der Waals surface area (Å²) in [6.45, 7) is 1.88. The van der Waals surface area contributed by atoms with Gasteiger partial charge in [0.2, 0.25) is 0 Å². The van der Waals surface area contributed by atoms with Gasteiger partial charge in [-0.3, -0.25) is 4.79 Å². The van der Waals surface area contributed by atoms with E-state index in [0.29, 0.717) is 30.0 Å². The summed E-state index contributed by atoms with van der Waals surface area (Å²) in [6, 6.07) is 4.74. The Morgan fingerprint density at radius 1 is 1.28 bits per heavy atom. The average Bonchev–Trinajstić information content (AvgIpc) is 3.16. The highest BCUT2D eigenvalue weighted by molar-refractivity contribution is 5.84. The molecule has 2 fully saturated rings. The summed E-state index contributed by atoms with van der Waals surface area (Å²) in [5.74, 6) is 1.78. The number of aryl methyl sites for hydroxylation is 1. The molecule has 0 aliphatic heterocycles. The Morgan fingerprint density at radius 2 is 1.89 bits per heavy atom. The van der Waals surface area contributed by atoms with Crippen molar-refractivity contribution in [2.75, 3.05) is 0 Å². The first-order chi connectivity index (χ1) is 8.65. The van der Waals surface area contributed by atoms with Crippen molar-refractivity contribution >= 4 is 5.78 Å². The van der Waals surface area contributed by atoms with Crippen molar-refractivity contribution in [3.8, 4) is 0 Å². The van der Waals surface area contributed by atoms with Gasteiger partial charge < -0.3 is 0 Å². The van der Waals surface area contributed by atoms with Crippen LogP contribution in [0.5, 0.6) is 0 Å². The van der Waals surface area contributed by atoms with Crippen LogP contribution in [0.3, 0.4) is 0 Å². The van der Waals surface area contributed by atoms with Crippen LogP contribution in [0.25, 0.3) is 0 Å². The lowest BCUT2D eigenvalue weighted by molar-refractivity contribution is -0.123. The number of ketones is 1. The van der Waals surface area contributed by atoms with E-state index < -0.39 is 0 Å². The molecule has 0 N–H and O–H groups in total. The van der Waals surface area contributed by atoms with Gasteiger partial charge in [-0.25, -0.2) is 4.39 Å². The van der Waals surface area contributed by atoms with Gasteiger partial charge in [-0.1, -0.05) is 6.07 Å². The van der Waals surface area contributed by atoms with E-state index in [2.05, 4.69) is 0 Å². The Morgan fingerprint density at radius 3 is 2.39 bits per heavy atom. The average molecular weight is 246 g/mol. The van der Waals surface area contributed by atoms with Crippen LogP contribution in [-0.4, -0.2) is 5.78 Å². The van der Waals surface area contributed by atoms with Crippen LogP contribution in [0.1, 0.15) is 36.8 Å². The van der Waals surface area contributed by atoms with Crippen molar-refractivity contribution in [1.82, 2.24) is 0 Å². The van der Waals surface area contributed by atoms with Gasteiger partial charge >= 0.3 is 0 Å². The molecule has 2 heteroatoms. The van der Waals surface area contributed by atoms with Gasteiger partial charge in [0.1, 0.15) is 11.6 Å². The lowest BCUT2D eigenvalue weighted by atomic mass is 9.88. The maximum atomic E-state index is 13.0. The highest BCUT2D eigenvalue weighted by atomic mass is 19.1. The fourth-order valence-corrected chi connectivity index (χ4v) is 2.98. The second-order valence-corrected chi connectivity index (χ2v) is 5.91. The number of benzene rings is 1. The minimum atomic E-state index is -0.218. The van der Waals surface area contributed by atoms with Gasteiger partial charge in [0.25, 0.3) is 0 Å². The molecule has 0 saturated heterocycles. The quantitative estimate of drug-likeness (QED) is 0.774. The van der Waals surface area contributed by atoms with Crippen LogP contribution in [-0.2, 0) is 11.2 Å². The van der Waals surface area contributed by atoms with Gasteiger partial charge in [0.05, 0.1) is 0 Å². The van der Waals surface area contributed by atoms with Crippen molar-refractivity contribution in [1.29, 1.82) is 0 Å². The van der Waals surface area contributed by atoms with Gasteiger partial charge in [0.15, 0.2) is 0 Å². The largest absolute Gasteiger partial charge is 0.299 e. The third-order valence-electron chi connectivity index (χ3n) is 4.30. The fraction of sp³-hybridized carbons (Fsp3) is 0.562. The summed E-state index contributed by atoms with van der Waals surface area (Å²) in [6.07, 6.45) is 5.42. The number of hydrogen-bond acceptors (Lipinski definition) is 1. The normalized spacial score (nSPS) is 19.3. The molecule has 0 atom stereocenters. The molecule has 1 aromatic rings. The summed E-state index contributed by atoms with van der Waals surface area (Å²) < 4.78 is 13.0. The molecule has 96 valence electrons. The van der Waals surface area contributed by atoms with E-state index in [0.717, 1.165) is 11.1 Å². The molecule has 0 spiro atoms. The predicted octanol–water partition coefficient (Wildman–Crippen LogP) is 3.68. The molecule has 0 radical (unpaired) electrons. The van der Waals surface area contributed by atoms with Gasteiger partial charge in [0, 0.05) is 12.3 Å². The number of Topliss-reactive ketones (excluding diaryl/α,β-unsaturated/α-hetero) is 1. The van der Waals surface area contributed by atoms with Gasteiger partial charge in [-0.15, -0.1) is 0 Å². The Labute approximate surface area is 107 Å². The van der Waals surface area contributed by atoms with Crippen LogP contribution in [0.2, 0.25) is 0 Å². The molecule has 1 nitrogen and oxygen atoms in total. The van der Waals surface area contributed by atoms with E-state index in [1.54, 1.807) is 6.07 Å². The minimum Gasteiger partial charge on any atom is -0.299 e. The van der Waals surface area contributed by atoms with Crippen molar-refractivity contribution in [2.45, 2.75) is 39.0 Å². The third kappa shape index (κ3) is 2.47. The molecule has 18 heavy (non-hydrogen) atoms. The van der Waals surface area contributed by atoms with Crippen molar-refractivity contribution < 1.29 is 9.18 Å². The molecule has 3 rings (SSSR count). The van der Waals surface area contributed by atoms with Crippen LogP contribution >= 0.6 is 0 Å². The molecule has 0 unspecified atom stereocenters. The topological polar surface area (TPSA) is 17.1 Å². The SMILES string of the molecule is Cc1cc(F)ccc1CC(=O)C(C1CC1)C1CC1. The molecule has 0 bridgehead atoms. The summed E-state index contributed by atoms with van der Waals surface area (Å²) in [5.41, 5.74) is 1.89. The number of carbonyl (C=O) groups is 1. The molecule has 0 heterocycles. The molecular formula is C16H19FO. The van der Waals surface area contributed by atoms with Crippen molar-refractivity contribution in [2.24, 2.45) is 17.8 Å². The molecule has 2 saturated carbocycles. The lowest BCUT2D eigenvalue weighted by Gasteiger charge is -2.15. The molecule has 0 amide bonds. The van der Waals surface area contributed by atoms with Crippen molar-refractivity contribution in [3.63, 3.8) is 0 Å². The maximum absolute atomic E-state index is 13.0. The van der Waals surface area contributed by atoms with Crippen LogP contribution in [0.4, 0.5) is 4.39 Å². The number of carbonyl (C=O) groups excluding carboxylic acids is 1. The second kappa shape index (κ2) is 4.49. The Kier molecular flexibility index (Phi) is 2.96. The zero-order chi connectivity index (χ0) is 12.7. The Balaban J connectivity index is 1.72. The first-order valence-electron chi connectivity index (χ1n) is 6.93. The fourth-order valence-electron chi connectivity index (χ4n) is 2.98. The smallest absolute Gasteiger partial charge is 0.140 e. The standard InChI is InChI=1S/C16H19FO/c1-10-8-14(17)7-6-13(10)9-15(18)16(11-2-3-11)12-4-5-12/h6-8,11-12,16H,2-5,9H2,1H3. The maximum Gasteiger partial charge on any atom is 0.140 e. The summed E-state index contributed by atoms with van der Waals surface area (Å²) in [7, 11) is 0. The van der Waals surface area contributed by atoms with Gasteiger partial charge in [-0.05, 0) is 67.7 Å². The van der Waals surface area contributed by atoms with E-state index in [4.69, 9.17) is 0 Å². The van der Waals surface area contributed by atoms with E-state index in [9.17, 15) is 9.18 Å². The highest BCUT2D eigenvalue weighted by Crippen LogP contribution is 2.49. The van der Waals surface area contributed by atoms with E-state index >= 15 is 0 Å². The Bertz CT molecular complexity index is 460. The lowest BCUT2D eigenvalue weighted by Crippen LogP contribution is -2.21. The molecule has 1 aromatic carbocycles. The summed E-state index contributed by atoms with van der Waals surface area (Å²) in [5, 5.41) is 0. The Hall–Kier alpha value is -1.18. The highest BCUT2D eigenvalue weighted by Gasteiger charge is 2.44. The van der Waals surface area contributed by atoms with E-state index in [1.807, 2.05) is 6.92 Å².